The van der Waals surface area contributed by atoms with Crippen LogP contribution >= 0.6 is 0 Å². The van der Waals surface area contributed by atoms with E-state index in [1.807, 2.05) is 0 Å². The molecule has 0 aromatic heterocycles. The molecule has 4 heavy (non-hydrogen) atoms. The van der Waals surface area contributed by atoms with Gasteiger partial charge in [-0.2, -0.15) is 0 Å². The molecular formula is BiOSZn+. The molecule has 0 atom stereocenters. The third-order valence-corrected chi connectivity index (χ3v) is 0. The summed E-state index contributed by atoms with van der Waals surface area (Å²) in [6.07, 6.45) is 0. The maximum atomic E-state index is 8.36. The second-order valence-corrected chi connectivity index (χ2v) is 0. The van der Waals surface area contributed by atoms with Crippen LogP contribution in [-0.2, 0) is 35.8 Å². The van der Waals surface area contributed by atoms with Gasteiger partial charge in [-0.3, -0.25) is 0 Å². The van der Waals surface area contributed by atoms with Crippen LogP contribution in [0, 0.1) is 0 Å². The monoisotopic (exact) mass is 321 g/mol. The molecule has 0 aromatic rings. The number of hydrogen-bond acceptors (Lipinski definition) is 1. The van der Waals surface area contributed by atoms with Crippen molar-refractivity contribution in [3.8, 4) is 0 Å². The van der Waals surface area contributed by atoms with Crippen molar-refractivity contribution in [2.75, 3.05) is 0 Å². The molecule has 0 aliphatic heterocycles. The zero-order chi connectivity index (χ0) is 2.00. The molecule has 18 valence electrons. The largest absolute Gasteiger partial charge is 2.00 e. The van der Waals surface area contributed by atoms with Gasteiger partial charge >= 0.3 is 47.0 Å². The van der Waals surface area contributed by atoms with Gasteiger partial charge in [-0.05, 0) is 0 Å². The standard InChI is InChI=1S/Bi.O.S.Zn/q+1;;-2;+2. The molecule has 4 heteroatoms. The quantitative estimate of drug-likeness (QED) is 0.550. The molecule has 0 amide bonds. The average molecular weight is 322 g/mol. The minimum atomic E-state index is 0. The third kappa shape index (κ3) is 9.40. The average Bonchev–Trinajstić information content (AvgIpc) is 1.00. The van der Waals surface area contributed by atoms with Gasteiger partial charge in [0.15, 0.2) is 0 Å². The van der Waals surface area contributed by atoms with Crippen molar-refractivity contribution in [1.29, 1.82) is 0 Å². The predicted octanol–water partition coefficient (Wildman–Crippen LogP) is -0.504. The van der Waals surface area contributed by atoms with E-state index in [-0.39, 0.29) is 57.7 Å². The van der Waals surface area contributed by atoms with E-state index in [9.17, 15) is 0 Å². The predicted molar refractivity (Wildman–Crippen MR) is 13.8 cm³/mol. The van der Waals surface area contributed by atoms with E-state index in [1.54, 1.807) is 0 Å². The van der Waals surface area contributed by atoms with Gasteiger partial charge in [-0.15, -0.1) is 0 Å². The number of hydrogen-bond donors (Lipinski definition) is 0. The Hall–Kier alpha value is 1.66. The molecule has 2 radical (unpaired) electrons. The Morgan fingerprint density at radius 3 is 1.25 bits per heavy atom. The molecule has 0 heterocycles. The molecule has 0 bridgehead atoms. The summed E-state index contributed by atoms with van der Waals surface area (Å²) in [5.74, 6) is 0. The minimum absolute atomic E-state index is 0. The van der Waals surface area contributed by atoms with Crippen molar-refractivity contribution in [3.63, 3.8) is 0 Å². The third-order valence-electron chi connectivity index (χ3n) is 0. The van der Waals surface area contributed by atoms with Crippen molar-refractivity contribution < 1.29 is 22.3 Å². The van der Waals surface area contributed by atoms with E-state index >= 15 is 0 Å². The van der Waals surface area contributed by atoms with Crippen LogP contribution in [0.25, 0.3) is 0 Å². The Kier molecular flexibility index (Phi) is 98.6. The van der Waals surface area contributed by atoms with Crippen LogP contribution in [0.15, 0.2) is 0 Å². The molecular weight excluding hydrogens is 322 g/mol. The van der Waals surface area contributed by atoms with Crippen molar-refractivity contribution in [1.82, 2.24) is 0 Å². The summed E-state index contributed by atoms with van der Waals surface area (Å²) < 4.78 is 8.36. The van der Waals surface area contributed by atoms with Crippen molar-refractivity contribution in [2.45, 2.75) is 0 Å². The van der Waals surface area contributed by atoms with Gasteiger partial charge in [0, 0.05) is 0 Å². The zero-order valence-corrected chi connectivity index (χ0v) is 9.23. The van der Waals surface area contributed by atoms with Crippen LogP contribution in [-0.4, -0.2) is 24.7 Å². The molecule has 1 nitrogen and oxygen atoms in total. The molecule has 0 rings (SSSR count). The van der Waals surface area contributed by atoms with Gasteiger partial charge < -0.3 is 13.5 Å². The van der Waals surface area contributed by atoms with Gasteiger partial charge in [0.2, 0.25) is 0 Å². The topological polar surface area (TPSA) is 17.1 Å². The van der Waals surface area contributed by atoms with Crippen LogP contribution in [0.5, 0.6) is 0 Å². The Balaban J connectivity index is -0.00000000500. The second-order valence-electron chi connectivity index (χ2n) is 0. The molecule has 0 aliphatic carbocycles. The Morgan fingerprint density at radius 2 is 1.25 bits per heavy atom. The maximum Gasteiger partial charge on any atom is 2.00 e. The van der Waals surface area contributed by atoms with E-state index in [4.69, 9.17) is 2.81 Å². The number of rotatable bonds is 0. The van der Waals surface area contributed by atoms with E-state index in [0.29, 0.717) is 0 Å². The molecule has 0 aromatic carbocycles. The first-order valence-electron chi connectivity index (χ1n) is 0.183. The summed E-state index contributed by atoms with van der Waals surface area (Å²) >= 11 is 0.194. The smallest absolute Gasteiger partial charge is 2.00 e. The summed E-state index contributed by atoms with van der Waals surface area (Å²) in [6, 6.07) is 0. The molecule has 0 N–H and O–H groups in total. The first-order chi connectivity index (χ1) is 1.00. The van der Waals surface area contributed by atoms with Crippen LogP contribution in [0.3, 0.4) is 0 Å². The first-order valence-corrected chi connectivity index (χ1v) is 1.60. The Bertz CT molecular complexity index is 8.00. The fraction of sp³-hybridized carbons (Fsp3) is 0. The normalized spacial score (nSPS) is 1.00. The molecule has 0 saturated heterocycles. The van der Waals surface area contributed by atoms with E-state index in [0.717, 1.165) is 0 Å². The van der Waals surface area contributed by atoms with E-state index in [2.05, 4.69) is 0 Å². The van der Waals surface area contributed by atoms with Crippen molar-refractivity contribution >= 4 is 38.2 Å². The van der Waals surface area contributed by atoms with Crippen molar-refractivity contribution in [2.24, 2.45) is 0 Å². The minimum Gasteiger partial charge on any atom is -2.00 e. The summed E-state index contributed by atoms with van der Waals surface area (Å²) in [5, 5.41) is 0. The summed E-state index contributed by atoms with van der Waals surface area (Å²) in [7, 11) is 0. The van der Waals surface area contributed by atoms with Gasteiger partial charge in [-0.1, -0.05) is 0 Å². The summed E-state index contributed by atoms with van der Waals surface area (Å²) in [6.45, 7) is 0. The molecule has 0 unspecified atom stereocenters. The second kappa shape index (κ2) is 22.7. The maximum absolute atomic E-state index is 8.36. The van der Waals surface area contributed by atoms with Crippen LogP contribution < -0.4 is 0 Å². The molecule has 0 aliphatic rings. The zero-order valence-electron chi connectivity index (χ0n) is 1.97. The van der Waals surface area contributed by atoms with E-state index < -0.39 is 0 Å². The van der Waals surface area contributed by atoms with Gasteiger partial charge in [0.25, 0.3) is 0 Å². The molecule has 0 fully saturated rings. The molecule has 0 saturated carbocycles. The van der Waals surface area contributed by atoms with Gasteiger partial charge in [0.05, 0.1) is 0 Å². The Labute approximate surface area is 60.0 Å². The fourth-order valence-electron chi connectivity index (χ4n) is 0. The van der Waals surface area contributed by atoms with Crippen LogP contribution in [0.2, 0.25) is 0 Å². The van der Waals surface area contributed by atoms with Crippen LogP contribution in [0.1, 0.15) is 0 Å². The van der Waals surface area contributed by atoms with Gasteiger partial charge in [0.1, 0.15) is 0 Å². The molecule has 0 spiro atoms. The summed E-state index contributed by atoms with van der Waals surface area (Å²) in [4.78, 5) is 0. The van der Waals surface area contributed by atoms with Crippen LogP contribution in [0.4, 0.5) is 0 Å². The van der Waals surface area contributed by atoms with Gasteiger partial charge in [-0.25, -0.2) is 0 Å². The SMILES string of the molecule is [O]=[Bi+].[S-2].[Zn+2]. The first kappa shape index (κ1) is 17.4. The Morgan fingerprint density at radius 1 is 1.25 bits per heavy atom. The van der Waals surface area contributed by atoms with E-state index in [1.165, 1.54) is 0 Å². The van der Waals surface area contributed by atoms with Crippen molar-refractivity contribution in [3.05, 3.63) is 0 Å². The summed E-state index contributed by atoms with van der Waals surface area (Å²) in [5.41, 5.74) is 0. The fourth-order valence-corrected chi connectivity index (χ4v) is 0.